The van der Waals surface area contributed by atoms with Gasteiger partial charge in [0.2, 0.25) is 16.0 Å². The van der Waals surface area contributed by atoms with Gasteiger partial charge in [-0.1, -0.05) is 6.07 Å². The molecule has 1 aromatic carbocycles. The Labute approximate surface area is 233 Å². The zero-order chi connectivity index (χ0) is 29.0. The first-order chi connectivity index (χ1) is 19.1. The summed E-state index contributed by atoms with van der Waals surface area (Å²) in [6.45, 7) is 8.92. The van der Waals surface area contributed by atoms with Crippen LogP contribution in [0.4, 0.5) is 5.95 Å². The van der Waals surface area contributed by atoms with Gasteiger partial charge in [-0.25, -0.2) is 18.4 Å². The van der Waals surface area contributed by atoms with Crippen molar-refractivity contribution in [2.45, 2.75) is 52.1 Å². The van der Waals surface area contributed by atoms with Crippen molar-refractivity contribution in [3.05, 3.63) is 66.0 Å². The van der Waals surface area contributed by atoms with Crippen molar-refractivity contribution in [1.82, 2.24) is 29.7 Å². The number of hydrogen-bond acceptors (Lipinski definition) is 10. The summed E-state index contributed by atoms with van der Waals surface area (Å²) < 4.78 is 49.1. The van der Waals surface area contributed by atoms with Gasteiger partial charge in [-0.3, -0.25) is 14.3 Å². The van der Waals surface area contributed by atoms with Crippen molar-refractivity contribution >= 4 is 16.0 Å². The Morgan fingerprint density at radius 3 is 2.12 bits per heavy atom. The molecule has 3 aromatic heterocycles. The van der Waals surface area contributed by atoms with Crippen molar-refractivity contribution in [3.63, 3.8) is 0 Å². The van der Waals surface area contributed by atoms with Crippen LogP contribution in [0.25, 0.3) is 17.1 Å². The zero-order valence-electron chi connectivity index (χ0n) is 23.5. The first-order valence-corrected chi connectivity index (χ1v) is 14.1. The molecule has 0 bridgehead atoms. The van der Waals surface area contributed by atoms with Crippen LogP contribution in [-0.2, 0) is 14.8 Å². The lowest BCUT2D eigenvalue weighted by Crippen LogP contribution is -2.35. The van der Waals surface area contributed by atoms with E-state index in [0.717, 1.165) is 11.1 Å². The molecule has 2 atom stereocenters. The Morgan fingerprint density at radius 1 is 0.900 bits per heavy atom. The van der Waals surface area contributed by atoms with Gasteiger partial charge < -0.3 is 14.2 Å². The Morgan fingerprint density at radius 2 is 1.55 bits per heavy atom. The van der Waals surface area contributed by atoms with Crippen LogP contribution in [0.3, 0.4) is 0 Å². The molecule has 0 amide bonds. The fraction of sp³-hybridized carbons (Fsp3) is 0.370. The number of methoxy groups -OCH3 is 2. The number of sulfonamides is 1. The summed E-state index contributed by atoms with van der Waals surface area (Å²) in [6.07, 6.45) is 5.35. The molecule has 13 heteroatoms. The molecule has 0 radical (unpaired) electrons. The highest BCUT2D eigenvalue weighted by molar-refractivity contribution is 7.93. The number of hydrogen-bond donors (Lipinski definition) is 1. The predicted octanol–water partition coefficient (Wildman–Crippen LogP) is 4.05. The SMILES string of the molecule is COc1cccc(OC)c1-n1c(NS(=O)(=O)C(C)C(OC(C)C)c2ncc(C)cn2)nnc1-c1cncc(C)c1. The van der Waals surface area contributed by atoms with Crippen LogP contribution in [0.1, 0.15) is 43.8 Å². The van der Waals surface area contributed by atoms with Gasteiger partial charge >= 0.3 is 0 Å². The molecule has 12 nitrogen and oxygen atoms in total. The van der Waals surface area contributed by atoms with E-state index in [0.29, 0.717) is 28.6 Å². The summed E-state index contributed by atoms with van der Waals surface area (Å²) in [7, 11) is -1.12. The molecule has 4 rings (SSSR count). The molecule has 2 unspecified atom stereocenters. The highest BCUT2D eigenvalue weighted by Crippen LogP contribution is 2.38. The topological polar surface area (TPSA) is 143 Å². The van der Waals surface area contributed by atoms with E-state index in [1.54, 1.807) is 47.6 Å². The maximum Gasteiger partial charge on any atom is 0.243 e. The molecule has 0 fully saturated rings. The molecule has 3 heterocycles. The quantitative estimate of drug-likeness (QED) is 0.282. The summed E-state index contributed by atoms with van der Waals surface area (Å²) in [4.78, 5) is 12.9. The van der Waals surface area contributed by atoms with E-state index in [-0.39, 0.29) is 17.9 Å². The molecule has 4 aromatic rings. The molecule has 0 aliphatic heterocycles. The third-order valence-electron chi connectivity index (χ3n) is 6.05. The number of rotatable bonds is 11. The van der Waals surface area contributed by atoms with E-state index >= 15 is 0 Å². The van der Waals surface area contributed by atoms with Crippen molar-refractivity contribution in [2.24, 2.45) is 0 Å². The van der Waals surface area contributed by atoms with E-state index in [1.807, 2.05) is 33.8 Å². The second-order valence-corrected chi connectivity index (χ2v) is 11.6. The molecule has 0 aliphatic rings. The number of ether oxygens (including phenoxy) is 3. The van der Waals surface area contributed by atoms with E-state index in [2.05, 4.69) is 29.9 Å². The minimum Gasteiger partial charge on any atom is -0.494 e. The molecule has 40 heavy (non-hydrogen) atoms. The smallest absolute Gasteiger partial charge is 0.243 e. The minimum absolute atomic E-state index is 0.0701. The van der Waals surface area contributed by atoms with Gasteiger partial charge in [0.25, 0.3) is 0 Å². The molecular weight excluding hydrogens is 534 g/mol. The van der Waals surface area contributed by atoms with Crippen LogP contribution < -0.4 is 14.2 Å². The maximum absolute atomic E-state index is 13.9. The summed E-state index contributed by atoms with van der Waals surface area (Å²) in [5.41, 5.74) is 2.77. The highest BCUT2D eigenvalue weighted by atomic mass is 32.2. The molecule has 0 saturated carbocycles. The molecular formula is C27H33N7O5S. The Hall–Kier alpha value is -4.10. The minimum atomic E-state index is -4.14. The van der Waals surface area contributed by atoms with Crippen LogP contribution in [0, 0.1) is 13.8 Å². The van der Waals surface area contributed by atoms with Gasteiger partial charge in [0.05, 0.1) is 20.3 Å². The Bertz CT molecular complexity index is 1550. The van der Waals surface area contributed by atoms with Crippen molar-refractivity contribution in [2.75, 3.05) is 18.9 Å². The average Bonchev–Trinajstić information content (AvgIpc) is 3.33. The number of anilines is 1. The number of nitrogens with zero attached hydrogens (tertiary/aromatic N) is 6. The van der Waals surface area contributed by atoms with Crippen LogP contribution in [-0.4, -0.2) is 63.7 Å². The zero-order valence-corrected chi connectivity index (χ0v) is 24.3. The van der Waals surface area contributed by atoms with Crippen LogP contribution in [0.2, 0.25) is 0 Å². The summed E-state index contributed by atoms with van der Waals surface area (Å²) in [6, 6.07) is 7.11. The normalized spacial score (nSPS) is 13.2. The largest absolute Gasteiger partial charge is 0.494 e. The third kappa shape index (κ3) is 6.05. The monoisotopic (exact) mass is 567 g/mol. The first-order valence-electron chi connectivity index (χ1n) is 12.6. The van der Waals surface area contributed by atoms with E-state index in [4.69, 9.17) is 14.2 Å². The number of aryl methyl sites for hydroxylation is 2. The number of benzene rings is 1. The summed E-state index contributed by atoms with van der Waals surface area (Å²) in [5, 5.41) is 7.47. The molecule has 1 N–H and O–H groups in total. The van der Waals surface area contributed by atoms with Gasteiger partial charge in [-0.05, 0) is 63.9 Å². The van der Waals surface area contributed by atoms with Crippen molar-refractivity contribution in [3.8, 4) is 28.6 Å². The second kappa shape index (κ2) is 12.0. The highest BCUT2D eigenvalue weighted by Gasteiger charge is 2.36. The van der Waals surface area contributed by atoms with Crippen LogP contribution in [0.5, 0.6) is 11.5 Å². The summed E-state index contributed by atoms with van der Waals surface area (Å²) in [5.74, 6) is 1.37. The van der Waals surface area contributed by atoms with Gasteiger partial charge in [0, 0.05) is 30.4 Å². The number of para-hydroxylation sites is 1. The molecule has 212 valence electrons. The fourth-order valence-electron chi connectivity index (χ4n) is 4.09. The summed E-state index contributed by atoms with van der Waals surface area (Å²) >= 11 is 0. The van der Waals surface area contributed by atoms with Crippen LogP contribution >= 0.6 is 0 Å². The van der Waals surface area contributed by atoms with E-state index in [9.17, 15) is 8.42 Å². The molecule has 0 spiro atoms. The fourth-order valence-corrected chi connectivity index (χ4v) is 5.17. The molecule has 0 aliphatic carbocycles. The number of pyridine rings is 1. The standard InChI is InChI=1S/C27H33N7O5S/c1-16(2)39-24(25-29-13-18(4)14-30-25)19(5)40(35,36)33-27-32-31-26(20-11-17(3)12-28-15-20)34(27)23-21(37-6)9-8-10-22(23)38-7/h8-16,19,24H,1-7H3,(H,32,33). The van der Waals surface area contributed by atoms with E-state index in [1.165, 1.54) is 21.1 Å². The third-order valence-corrected chi connectivity index (χ3v) is 7.74. The number of nitrogens with one attached hydrogen (secondary N) is 1. The lowest BCUT2D eigenvalue weighted by molar-refractivity contribution is 0.00152. The maximum atomic E-state index is 13.9. The predicted molar refractivity (Wildman–Crippen MR) is 150 cm³/mol. The lowest BCUT2D eigenvalue weighted by Gasteiger charge is -2.25. The van der Waals surface area contributed by atoms with Gasteiger partial charge in [0.15, 0.2) is 11.6 Å². The van der Waals surface area contributed by atoms with Gasteiger partial charge in [-0.2, -0.15) is 0 Å². The van der Waals surface area contributed by atoms with Crippen molar-refractivity contribution < 1.29 is 22.6 Å². The first kappa shape index (κ1) is 28.9. The van der Waals surface area contributed by atoms with Crippen molar-refractivity contribution in [1.29, 1.82) is 0 Å². The number of aromatic nitrogens is 6. The average molecular weight is 568 g/mol. The second-order valence-electron chi connectivity index (χ2n) is 9.52. The van der Waals surface area contributed by atoms with Gasteiger partial charge in [0.1, 0.15) is 28.5 Å². The van der Waals surface area contributed by atoms with Gasteiger partial charge in [-0.15, -0.1) is 10.2 Å². The molecule has 0 saturated heterocycles. The van der Waals surface area contributed by atoms with E-state index < -0.39 is 21.4 Å². The Balaban J connectivity index is 1.85. The lowest BCUT2D eigenvalue weighted by atomic mass is 10.2. The Kier molecular flexibility index (Phi) is 8.64. The van der Waals surface area contributed by atoms with Crippen LogP contribution in [0.15, 0.2) is 49.1 Å².